The number of amides is 1. The second-order valence-corrected chi connectivity index (χ2v) is 6.37. The van der Waals surface area contributed by atoms with E-state index < -0.39 is 16.6 Å². The van der Waals surface area contributed by atoms with Crippen LogP contribution in [0.15, 0.2) is 12.1 Å². The number of aryl methyl sites for hydroxylation is 1. The first-order valence-electron chi connectivity index (χ1n) is 6.79. The zero-order valence-corrected chi connectivity index (χ0v) is 12.5. The topological polar surface area (TPSA) is 72.2 Å². The van der Waals surface area contributed by atoms with Gasteiger partial charge in [0.2, 0.25) is 0 Å². The second kappa shape index (κ2) is 6.89. The maximum absolute atomic E-state index is 14.0. The first-order valence-corrected chi connectivity index (χ1v) is 7.95. The molecule has 7 heteroatoms. The van der Waals surface area contributed by atoms with E-state index in [4.69, 9.17) is 0 Å². The van der Waals surface area contributed by atoms with Crippen molar-refractivity contribution in [2.24, 2.45) is 5.92 Å². The highest BCUT2D eigenvalue weighted by Crippen LogP contribution is 2.23. The number of non-ortho nitro benzene ring substituents is 1. The van der Waals surface area contributed by atoms with Crippen molar-refractivity contribution in [3.8, 4) is 0 Å². The van der Waals surface area contributed by atoms with Crippen LogP contribution in [0.2, 0.25) is 0 Å². The molecule has 21 heavy (non-hydrogen) atoms. The van der Waals surface area contributed by atoms with E-state index in [2.05, 4.69) is 5.32 Å². The Morgan fingerprint density at radius 3 is 2.76 bits per heavy atom. The summed E-state index contributed by atoms with van der Waals surface area (Å²) >= 11 is 1.89. The first kappa shape index (κ1) is 15.8. The van der Waals surface area contributed by atoms with Crippen LogP contribution >= 0.6 is 11.8 Å². The Bertz CT molecular complexity index is 559. The van der Waals surface area contributed by atoms with Crippen LogP contribution in [0.5, 0.6) is 0 Å². The van der Waals surface area contributed by atoms with Crippen molar-refractivity contribution < 1.29 is 14.1 Å². The Hall–Kier alpha value is -1.63. The summed E-state index contributed by atoms with van der Waals surface area (Å²) < 4.78 is 14.0. The average molecular weight is 312 g/mol. The largest absolute Gasteiger partial charge is 0.352 e. The summed E-state index contributed by atoms with van der Waals surface area (Å²) in [5.74, 6) is 1.27. The summed E-state index contributed by atoms with van der Waals surface area (Å²) in [6.45, 7) is 1.90. The summed E-state index contributed by atoms with van der Waals surface area (Å²) in [5, 5.41) is 13.5. The molecule has 1 heterocycles. The number of carbonyl (C=O) groups is 1. The van der Waals surface area contributed by atoms with Gasteiger partial charge in [0.25, 0.3) is 11.6 Å². The molecule has 1 aromatic rings. The second-order valence-electron chi connectivity index (χ2n) is 5.15. The molecule has 5 nitrogen and oxygen atoms in total. The summed E-state index contributed by atoms with van der Waals surface area (Å²) in [6.07, 6.45) is 2.06. The fraction of sp³-hybridized carbons (Fsp3) is 0.500. The molecule has 0 saturated carbocycles. The van der Waals surface area contributed by atoms with Gasteiger partial charge in [0, 0.05) is 18.7 Å². The van der Waals surface area contributed by atoms with E-state index in [1.165, 1.54) is 6.92 Å². The molecule has 0 spiro atoms. The lowest BCUT2D eigenvalue weighted by Crippen LogP contribution is -2.31. The third-order valence-electron chi connectivity index (χ3n) is 3.59. The Balaban J connectivity index is 2.09. The summed E-state index contributed by atoms with van der Waals surface area (Å²) in [4.78, 5) is 22.2. The van der Waals surface area contributed by atoms with Crippen molar-refractivity contribution in [1.29, 1.82) is 0 Å². The fourth-order valence-electron chi connectivity index (χ4n) is 2.30. The number of halogens is 1. The van der Waals surface area contributed by atoms with Crippen molar-refractivity contribution in [3.05, 3.63) is 39.2 Å². The lowest BCUT2D eigenvalue weighted by atomic mass is 10.0. The SMILES string of the molecule is Cc1cc([N+](=O)[O-])cc(C(=O)NCC2CCSCC2)c1F. The van der Waals surface area contributed by atoms with Gasteiger partial charge in [-0.2, -0.15) is 11.8 Å². The molecule has 0 bridgehead atoms. The lowest BCUT2D eigenvalue weighted by molar-refractivity contribution is -0.385. The maximum atomic E-state index is 14.0. The molecule has 114 valence electrons. The van der Waals surface area contributed by atoms with Gasteiger partial charge in [0.05, 0.1) is 10.5 Å². The quantitative estimate of drug-likeness (QED) is 0.685. The zero-order valence-electron chi connectivity index (χ0n) is 11.7. The molecule has 0 atom stereocenters. The molecule has 1 aliphatic rings. The summed E-state index contributed by atoms with van der Waals surface area (Å²) in [7, 11) is 0. The minimum absolute atomic E-state index is 0.100. The van der Waals surface area contributed by atoms with Gasteiger partial charge in [-0.3, -0.25) is 14.9 Å². The van der Waals surface area contributed by atoms with Gasteiger partial charge in [-0.1, -0.05) is 0 Å². The van der Waals surface area contributed by atoms with Crippen molar-refractivity contribution in [2.45, 2.75) is 19.8 Å². The monoisotopic (exact) mass is 312 g/mol. The Morgan fingerprint density at radius 1 is 1.48 bits per heavy atom. The smallest absolute Gasteiger partial charge is 0.270 e. The molecule has 0 unspecified atom stereocenters. The molecule has 1 aliphatic heterocycles. The molecule has 0 radical (unpaired) electrons. The van der Waals surface area contributed by atoms with Gasteiger partial charge in [-0.05, 0) is 42.8 Å². The highest BCUT2D eigenvalue weighted by Gasteiger charge is 2.21. The third-order valence-corrected chi connectivity index (χ3v) is 4.64. The summed E-state index contributed by atoms with van der Waals surface area (Å²) in [6, 6.07) is 2.12. The molecule has 1 saturated heterocycles. The highest BCUT2D eigenvalue weighted by molar-refractivity contribution is 7.99. The minimum atomic E-state index is -0.697. The molecular formula is C14H17FN2O3S. The minimum Gasteiger partial charge on any atom is -0.352 e. The van der Waals surface area contributed by atoms with Crippen molar-refractivity contribution in [2.75, 3.05) is 18.1 Å². The van der Waals surface area contributed by atoms with Crippen LogP contribution in [0.25, 0.3) is 0 Å². The van der Waals surface area contributed by atoms with Gasteiger partial charge >= 0.3 is 0 Å². The van der Waals surface area contributed by atoms with Gasteiger partial charge in [0.15, 0.2) is 0 Å². The van der Waals surface area contributed by atoms with Gasteiger partial charge in [-0.25, -0.2) is 4.39 Å². The number of hydrogen-bond donors (Lipinski definition) is 1. The van der Waals surface area contributed by atoms with Crippen molar-refractivity contribution >= 4 is 23.4 Å². The van der Waals surface area contributed by atoms with Crippen LogP contribution in [0.3, 0.4) is 0 Å². The van der Waals surface area contributed by atoms with Crippen LogP contribution in [-0.2, 0) is 0 Å². The van der Waals surface area contributed by atoms with Gasteiger partial charge < -0.3 is 5.32 Å². The predicted octanol–water partition coefficient (Wildman–Crippen LogP) is 2.92. The number of nitrogens with one attached hydrogen (secondary N) is 1. The Morgan fingerprint density at radius 2 is 2.14 bits per heavy atom. The van der Waals surface area contributed by atoms with Crippen LogP contribution in [0, 0.1) is 28.8 Å². The number of benzene rings is 1. The molecule has 1 N–H and O–H groups in total. The third kappa shape index (κ3) is 3.93. The number of rotatable bonds is 4. The number of nitrogens with zero attached hydrogens (tertiary/aromatic N) is 1. The molecule has 1 aromatic carbocycles. The van der Waals surface area contributed by atoms with E-state index in [-0.39, 0.29) is 16.8 Å². The van der Waals surface area contributed by atoms with E-state index in [0.29, 0.717) is 12.5 Å². The van der Waals surface area contributed by atoms with Crippen LogP contribution in [0.4, 0.5) is 10.1 Å². The van der Waals surface area contributed by atoms with Crippen molar-refractivity contribution in [1.82, 2.24) is 5.32 Å². The highest BCUT2D eigenvalue weighted by atomic mass is 32.2. The molecule has 0 aliphatic carbocycles. The van der Waals surface area contributed by atoms with E-state index in [1.54, 1.807) is 0 Å². The molecule has 1 amide bonds. The Labute approximate surface area is 126 Å². The van der Waals surface area contributed by atoms with Crippen molar-refractivity contribution in [3.63, 3.8) is 0 Å². The van der Waals surface area contributed by atoms with Gasteiger partial charge in [0.1, 0.15) is 5.82 Å². The van der Waals surface area contributed by atoms with E-state index >= 15 is 0 Å². The van der Waals surface area contributed by atoms with Crippen LogP contribution in [0.1, 0.15) is 28.8 Å². The molecule has 1 fully saturated rings. The predicted molar refractivity (Wildman–Crippen MR) is 80.2 cm³/mol. The fourth-order valence-corrected chi connectivity index (χ4v) is 3.51. The number of thioether (sulfide) groups is 1. The number of carbonyl (C=O) groups excluding carboxylic acids is 1. The van der Waals surface area contributed by atoms with Gasteiger partial charge in [-0.15, -0.1) is 0 Å². The molecule has 0 aromatic heterocycles. The molecular weight excluding hydrogens is 295 g/mol. The van der Waals surface area contributed by atoms with Crippen LogP contribution in [-0.4, -0.2) is 28.9 Å². The van der Waals surface area contributed by atoms with E-state index in [0.717, 1.165) is 36.5 Å². The zero-order chi connectivity index (χ0) is 15.4. The first-order chi connectivity index (χ1) is 9.99. The number of hydrogen-bond acceptors (Lipinski definition) is 4. The average Bonchev–Trinajstić information content (AvgIpc) is 2.48. The normalized spacial score (nSPS) is 15.7. The van der Waals surface area contributed by atoms with E-state index in [9.17, 15) is 19.3 Å². The number of nitro benzene ring substituents is 1. The lowest BCUT2D eigenvalue weighted by Gasteiger charge is -2.21. The van der Waals surface area contributed by atoms with Crippen LogP contribution < -0.4 is 5.32 Å². The van der Waals surface area contributed by atoms with E-state index in [1.807, 2.05) is 11.8 Å². The standard InChI is InChI=1S/C14H17FN2O3S/c1-9-6-11(17(19)20)7-12(13(9)15)14(18)16-8-10-2-4-21-5-3-10/h6-7,10H,2-5,8H2,1H3,(H,16,18). The Kier molecular flexibility index (Phi) is 5.17. The number of nitro groups is 1. The molecule has 2 rings (SSSR count). The maximum Gasteiger partial charge on any atom is 0.270 e. The summed E-state index contributed by atoms with van der Waals surface area (Å²) in [5.41, 5.74) is -0.427.